The van der Waals surface area contributed by atoms with E-state index in [-0.39, 0.29) is 17.4 Å². The van der Waals surface area contributed by atoms with E-state index in [1.54, 1.807) is 18.2 Å². The first-order valence-electron chi connectivity index (χ1n) is 8.96. The fraction of sp³-hybridized carbons (Fsp3) is 0.333. The van der Waals surface area contributed by atoms with Crippen LogP contribution in [0, 0.1) is 5.92 Å². The number of carboxylic acid groups (broad SMARTS) is 1. The monoisotopic (exact) mass is 354 g/mol. The highest BCUT2D eigenvalue weighted by Gasteiger charge is 2.16. The molecular formula is C21H26N2O3. The van der Waals surface area contributed by atoms with Crippen molar-refractivity contribution in [1.29, 1.82) is 0 Å². The second-order valence-electron chi connectivity index (χ2n) is 6.33. The maximum Gasteiger partial charge on any atom is 0.336 e. The number of carboxylic acids is 1. The Morgan fingerprint density at radius 2 is 1.77 bits per heavy atom. The second-order valence-corrected chi connectivity index (χ2v) is 6.33. The smallest absolute Gasteiger partial charge is 0.336 e. The van der Waals surface area contributed by atoms with Gasteiger partial charge in [-0.15, -0.1) is 0 Å². The number of hydrogen-bond acceptors (Lipinski definition) is 3. The molecule has 0 aliphatic heterocycles. The normalized spacial score (nSPS) is 11.8. The van der Waals surface area contributed by atoms with Gasteiger partial charge in [-0.3, -0.25) is 4.79 Å². The Bertz CT molecular complexity index is 735. The Morgan fingerprint density at radius 1 is 1.08 bits per heavy atom. The highest BCUT2D eigenvalue weighted by atomic mass is 16.4. The van der Waals surface area contributed by atoms with E-state index in [2.05, 4.69) is 12.2 Å². The Kier molecular flexibility index (Phi) is 7.36. The quantitative estimate of drug-likeness (QED) is 0.643. The van der Waals surface area contributed by atoms with Crippen LogP contribution in [-0.4, -0.2) is 23.5 Å². The average molecular weight is 354 g/mol. The number of rotatable bonds is 9. The number of hydrogen-bond donors (Lipinski definition) is 3. The lowest BCUT2D eigenvalue weighted by Crippen LogP contribution is -2.31. The van der Waals surface area contributed by atoms with Crippen molar-refractivity contribution in [1.82, 2.24) is 5.32 Å². The maximum absolute atomic E-state index is 12.3. The molecule has 0 spiro atoms. The molecule has 5 nitrogen and oxygen atoms in total. The summed E-state index contributed by atoms with van der Waals surface area (Å²) >= 11 is 0. The Morgan fingerprint density at radius 3 is 2.38 bits per heavy atom. The van der Waals surface area contributed by atoms with Crippen LogP contribution in [0.3, 0.4) is 0 Å². The van der Waals surface area contributed by atoms with Crippen LogP contribution in [0.5, 0.6) is 0 Å². The summed E-state index contributed by atoms with van der Waals surface area (Å²) in [6, 6.07) is 14.5. The van der Waals surface area contributed by atoms with Crippen LogP contribution < -0.4 is 11.1 Å². The van der Waals surface area contributed by atoms with Gasteiger partial charge in [-0.1, -0.05) is 55.8 Å². The van der Waals surface area contributed by atoms with Crippen LogP contribution >= 0.6 is 0 Å². The van der Waals surface area contributed by atoms with Gasteiger partial charge in [0.2, 0.25) is 5.91 Å². The minimum absolute atomic E-state index is 0.0354. The van der Waals surface area contributed by atoms with Crippen molar-refractivity contribution < 1.29 is 14.7 Å². The summed E-state index contributed by atoms with van der Waals surface area (Å²) in [5.41, 5.74) is 8.35. The summed E-state index contributed by atoms with van der Waals surface area (Å²) in [4.78, 5) is 23.6. The number of nitrogens with one attached hydrogen (secondary N) is 1. The molecule has 0 fully saturated rings. The lowest BCUT2D eigenvalue weighted by Gasteiger charge is -2.15. The molecule has 4 N–H and O–H groups in total. The molecule has 1 amide bonds. The number of aromatic carboxylic acids is 1. The minimum atomic E-state index is -0.946. The van der Waals surface area contributed by atoms with E-state index in [4.69, 9.17) is 5.73 Å². The zero-order valence-corrected chi connectivity index (χ0v) is 15.1. The first kappa shape index (κ1) is 19.7. The van der Waals surface area contributed by atoms with E-state index in [9.17, 15) is 14.7 Å². The van der Waals surface area contributed by atoms with Gasteiger partial charge in [-0.25, -0.2) is 4.79 Å². The van der Waals surface area contributed by atoms with Crippen molar-refractivity contribution in [3.05, 3.63) is 59.7 Å². The van der Waals surface area contributed by atoms with Crippen LogP contribution in [0.25, 0.3) is 11.1 Å². The summed E-state index contributed by atoms with van der Waals surface area (Å²) in [7, 11) is 0. The number of nitrogens with two attached hydrogens (primary N) is 1. The van der Waals surface area contributed by atoms with E-state index >= 15 is 0 Å². The molecule has 0 radical (unpaired) electrons. The third kappa shape index (κ3) is 5.17. The number of amides is 1. The summed E-state index contributed by atoms with van der Waals surface area (Å²) in [5.74, 6) is -0.942. The van der Waals surface area contributed by atoms with Crippen molar-refractivity contribution >= 4 is 11.9 Å². The Hall–Kier alpha value is -2.66. The van der Waals surface area contributed by atoms with Crippen molar-refractivity contribution in [2.45, 2.75) is 32.7 Å². The van der Waals surface area contributed by atoms with Gasteiger partial charge in [-0.05, 0) is 42.1 Å². The standard InChI is InChI=1S/C21H26N2O3/c1-2-5-17(12-13-22)20(24)23-14-15-8-10-16(11-9-15)18-6-3-4-7-19(18)21(25)26/h3-4,6-11,17H,2,5,12-14,22H2,1H3,(H,23,24)(H,25,26). The SMILES string of the molecule is CCCC(CCN)C(=O)NCc1ccc(-c2ccccc2C(=O)O)cc1. The van der Waals surface area contributed by atoms with Crippen LogP contribution in [0.15, 0.2) is 48.5 Å². The van der Waals surface area contributed by atoms with Gasteiger partial charge in [0.1, 0.15) is 0 Å². The molecule has 0 saturated carbocycles. The molecular weight excluding hydrogens is 328 g/mol. The van der Waals surface area contributed by atoms with E-state index in [1.165, 1.54) is 0 Å². The van der Waals surface area contributed by atoms with Crippen molar-refractivity contribution in [2.75, 3.05) is 6.54 Å². The number of carbonyl (C=O) groups excluding carboxylic acids is 1. The molecule has 0 bridgehead atoms. The van der Waals surface area contributed by atoms with Crippen LogP contribution in [0.4, 0.5) is 0 Å². The molecule has 0 saturated heterocycles. The lowest BCUT2D eigenvalue weighted by molar-refractivity contribution is -0.125. The zero-order valence-electron chi connectivity index (χ0n) is 15.1. The first-order valence-corrected chi connectivity index (χ1v) is 8.96. The second kappa shape index (κ2) is 9.73. The average Bonchev–Trinajstić information content (AvgIpc) is 2.66. The Labute approximate surface area is 154 Å². The van der Waals surface area contributed by atoms with Gasteiger partial charge in [0.25, 0.3) is 0 Å². The molecule has 2 aromatic rings. The molecule has 138 valence electrons. The number of carbonyl (C=O) groups is 2. The zero-order chi connectivity index (χ0) is 18.9. The Balaban J connectivity index is 2.04. The molecule has 2 aromatic carbocycles. The highest BCUT2D eigenvalue weighted by Crippen LogP contribution is 2.24. The highest BCUT2D eigenvalue weighted by molar-refractivity contribution is 5.96. The number of benzene rings is 2. The van der Waals surface area contributed by atoms with Crippen molar-refractivity contribution in [3.63, 3.8) is 0 Å². The summed E-state index contributed by atoms with van der Waals surface area (Å²) in [6.45, 7) is 3.02. The fourth-order valence-electron chi connectivity index (χ4n) is 3.01. The molecule has 26 heavy (non-hydrogen) atoms. The molecule has 5 heteroatoms. The molecule has 2 rings (SSSR count). The predicted molar refractivity (Wildman–Crippen MR) is 103 cm³/mol. The molecule has 0 aliphatic carbocycles. The molecule has 0 heterocycles. The van der Waals surface area contributed by atoms with Gasteiger partial charge >= 0.3 is 5.97 Å². The molecule has 0 aliphatic rings. The summed E-state index contributed by atoms with van der Waals surface area (Å²) in [6.07, 6.45) is 2.49. The van der Waals surface area contributed by atoms with Gasteiger partial charge in [0.15, 0.2) is 0 Å². The van der Waals surface area contributed by atoms with Crippen LogP contribution in [0.1, 0.15) is 42.1 Å². The van der Waals surface area contributed by atoms with E-state index in [0.717, 1.165) is 24.0 Å². The van der Waals surface area contributed by atoms with E-state index < -0.39 is 5.97 Å². The lowest BCUT2D eigenvalue weighted by atomic mass is 9.98. The predicted octanol–water partition coefficient (Wildman–Crippen LogP) is 3.43. The molecule has 1 atom stereocenters. The van der Waals surface area contributed by atoms with Gasteiger partial charge in [0.05, 0.1) is 5.56 Å². The van der Waals surface area contributed by atoms with Crippen LogP contribution in [0.2, 0.25) is 0 Å². The fourth-order valence-corrected chi connectivity index (χ4v) is 3.01. The van der Waals surface area contributed by atoms with E-state index in [0.29, 0.717) is 25.1 Å². The summed E-state index contributed by atoms with van der Waals surface area (Å²) in [5, 5.41) is 12.3. The largest absolute Gasteiger partial charge is 0.478 e. The van der Waals surface area contributed by atoms with Crippen LogP contribution in [-0.2, 0) is 11.3 Å². The van der Waals surface area contributed by atoms with Crippen molar-refractivity contribution in [3.8, 4) is 11.1 Å². The van der Waals surface area contributed by atoms with E-state index in [1.807, 2.05) is 30.3 Å². The third-order valence-electron chi connectivity index (χ3n) is 4.41. The third-order valence-corrected chi connectivity index (χ3v) is 4.41. The molecule has 1 unspecified atom stereocenters. The summed E-state index contributed by atoms with van der Waals surface area (Å²) < 4.78 is 0. The first-order chi connectivity index (χ1) is 12.6. The van der Waals surface area contributed by atoms with Gasteiger partial charge in [-0.2, -0.15) is 0 Å². The van der Waals surface area contributed by atoms with Crippen molar-refractivity contribution in [2.24, 2.45) is 11.7 Å². The topological polar surface area (TPSA) is 92.4 Å². The maximum atomic E-state index is 12.3. The minimum Gasteiger partial charge on any atom is -0.478 e. The van der Waals surface area contributed by atoms with Gasteiger partial charge < -0.3 is 16.2 Å². The van der Waals surface area contributed by atoms with Gasteiger partial charge in [0, 0.05) is 12.5 Å². The molecule has 0 aromatic heterocycles.